The second-order valence-corrected chi connectivity index (χ2v) is 22.8. The molecule has 2 amide bonds. The number of amides is 2. The number of rotatable bonds is 24. The van der Waals surface area contributed by atoms with Crippen LogP contribution in [0, 0.1) is 11.8 Å². The van der Waals surface area contributed by atoms with Gasteiger partial charge in [-0.2, -0.15) is 25.3 Å². The number of hydrogen-bond acceptors (Lipinski definition) is 24. The van der Waals surface area contributed by atoms with Gasteiger partial charge in [0.25, 0.3) is 5.91 Å². The Morgan fingerprint density at radius 2 is 0.634 bits per heavy atom. The number of carbonyl (C=O) groups excluding carboxylic acids is 2. The highest BCUT2D eigenvalue weighted by Crippen LogP contribution is 2.55. The van der Waals surface area contributed by atoms with Crippen LogP contribution in [0.2, 0.25) is 0 Å². The van der Waals surface area contributed by atoms with E-state index in [2.05, 4.69) is 25.7 Å². The summed E-state index contributed by atoms with van der Waals surface area (Å²) in [6.45, 7) is 11.7. The summed E-state index contributed by atoms with van der Waals surface area (Å²) in [6, 6.07) is 22.0. The second-order valence-electron chi connectivity index (χ2n) is 20.0. The largest absolute Gasteiger partial charge is 0.493 e. The van der Waals surface area contributed by atoms with E-state index in [1.807, 2.05) is 11.8 Å². The molecule has 6 aromatic rings. The van der Waals surface area contributed by atoms with E-state index in [0.717, 1.165) is 11.4 Å². The molecule has 32 heteroatoms. The van der Waals surface area contributed by atoms with E-state index in [1.54, 1.807) is 61.5 Å². The van der Waals surface area contributed by atoms with Crippen LogP contribution in [-0.4, -0.2) is 122 Å². The van der Waals surface area contributed by atoms with Gasteiger partial charge in [-0.05, 0) is 53.1 Å². The van der Waals surface area contributed by atoms with Gasteiger partial charge in [-0.3, -0.25) is 14.5 Å². The van der Waals surface area contributed by atoms with Crippen molar-refractivity contribution in [2.24, 2.45) is 11.8 Å². The maximum atomic E-state index is 13.2. The lowest BCUT2D eigenvalue weighted by molar-refractivity contribution is -0.129. The Morgan fingerprint density at radius 3 is 0.935 bits per heavy atom. The monoisotopic (exact) mass is 1360 g/mol. The van der Waals surface area contributed by atoms with Crippen LogP contribution in [0.15, 0.2) is 115 Å². The Balaban J connectivity index is 0.000000198. The van der Waals surface area contributed by atoms with Gasteiger partial charge in [0, 0.05) is 59.3 Å². The molecular formula is C61H66F3N3O23S3. The number of β-lactam (4-membered cyclic amide) rings is 2. The van der Waals surface area contributed by atoms with Crippen molar-refractivity contribution in [2.45, 2.75) is 32.0 Å². The Bertz CT molecular complexity index is 3950. The zero-order valence-corrected chi connectivity index (χ0v) is 55.0. The summed E-state index contributed by atoms with van der Waals surface area (Å²) in [4.78, 5) is 30.2. The Morgan fingerprint density at radius 1 is 0.355 bits per heavy atom. The fourth-order valence-electron chi connectivity index (χ4n) is 10.7. The molecule has 0 N–H and O–H groups in total. The van der Waals surface area contributed by atoms with Crippen LogP contribution in [0.1, 0.15) is 48.7 Å². The first-order valence-corrected chi connectivity index (χ1v) is 31.1. The summed E-state index contributed by atoms with van der Waals surface area (Å²) in [5, 5.41) is 0. The Kier molecular flexibility index (Phi) is 21.9. The summed E-state index contributed by atoms with van der Waals surface area (Å²) < 4.78 is 182. The molecule has 93 heavy (non-hydrogen) atoms. The van der Waals surface area contributed by atoms with Crippen LogP contribution in [0.4, 0.5) is 28.7 Å². The van der Waals surface area contributed by atoms with Crippen LogP contribution in [0.3, 0.4) is 0 Å². The van der Waals surface area contributed by atoms with E-state index in [1.165, 1.54) is 132 Å². The van der Waals surface area contributed by atoms with Gasteiger partial charge < -0.3 is 79.2 Å². The van der Waals surface area contributed by atoms with Crippen molar-refractivity contribution < 1.29 is 116 Å². The van der Waals surface area contributed by atoms with Crippen molar-refractivity contribution in [1.82, 2.24) is 0 Å². The van der Waals surface area contributed by atoms with Gasteiger partial charge in [0.15, 0.2) is 69.0 Å². The molecule has 0 unspecified atom stereocenters. The minimum Gasteiger partial charge on any atom is -0.493 e. The fourth-order valence-corrected chi connectivity index (χ4v) is 11.7. The molecule has 9 rings (SSSR count). The molecule has 3 fully saturated rings. The number of halogens is 3. The molecule has 0 bridgehead atoms. The average molecular weight is 1360 g/mol. The number of benzene rings is 6. The molecule has 3 heterocycles. The molecule has 3 saturated heterocycles. The molecule has 502 valence electrons. The molecule has 0 aliphatic carbocycles. The SMILES string of the molecule is C=C1C(=O)N(c2cc(OC)c(OC)c(OC)c2)[C@H]1c1ccc(OC)c(OS(=O)(=O)F)c1.C=C1[C@@H](C)[C@H](c2ccc(OC)c(OS(=O)(=O)F)c2)N1c1cc(OC)c(OC)c(OC)c1.COc1ccc([C@H]2[C@@H](C)C(=O)N2c2cc(OC)c(OC)c(OC)c2)cc1OS(=O)(=O)F. The summed E-state index contributed by atoms with van der Waals surface area (Å²) in [7, 11) is 1.45. The summed E-state index contributed by atoms with van der Waals surface area (Å²) in [6.07, 6.45) is 0. The van der Waals surface area contributed by atoms with E-state index in [9.17, 15) is 46.5 Å². The maximum absolute atomic E-state index is 13.2. The van der Waals surface area contributed by atoms with Gasteiger partial charge in [-0.15, -0.1) is 0 Å². The summed E-state index contributed by atoms with van der Waals surface area (Å²) in [5.41, 5.74) is 4.36. The van der Waals surface area contributed by atoms with Gasteiger partial charge in [0.05, 0.1) is 121 Å². The minimum absolute atomic E-state index is 0.000531. The lowest BCUT2D eigenvalue weighted by atomic mass is 9.81. The van der Waals surface area contributed by atoms with Gasteiger partial charge in [-0.25, -0.2) is 0 Å². The van der Waals surface area contributed by atoms with Gasteiger partial charge >= 0.3 is 31.5 Å². The molecule has 3 aliphatic rings. The predicted molar refractivity (Wildman–Crippen MR) is 332 cm³/mol. The van der Waals surface area contributed by atoms with Gasteiger partial charge in [0.1, 0.15) is 0 Å². The average Bonchev–Trinajstić information content (AvgIpc) is 0.753. The molecule has 0 radical (unpaired) electrons. The van der Waals surface area contributed by atoms with Crippen LogP contribution < -0.4 is 84.1 Å². The quantitative estimate of drug-likeness (QED) is 0.0309. The lowest BCUT2D eigenvalue weighted by Crippen LogP contribution is -2.54. The number of ether oxygens (including phenoxy) is 12. The van der Waals surface area contributed by atoms with Crippen LogP contribution >= 0.6 is 0 Å². The van der Waals surface area contributed by atoms with Gasteiger partial charge in [-0.1, -0.05) is 56.9 Å². The number of methoxy groups -OCH3 is 12. The van der Waals surface area contributed by atoms with E-state index >= 15 is 0 Å². The van der Waals surface area contributed by atoms with E-state index in [-0.39, 0.29) is 63.8 Å². The lowest BCUT2D eigenvalue weighted by Gasteiger charge is -2.50. The Hall–Kier alpha value is -9.82. The first-order valence-electron chi connectivity index (χ1n) is 27.1. The molecule has 6 aromatic carbocycles. The molecule has 5 atom stereocenters. The first kappa shape index (κ1) is 70.6. The molecule has 0 aromatic heterocycles. The smallest absolute Gasteiger partial charge is 0.488 e. The third kappa shape index (κ3) is 14.9. The first-order chi connectivity index (χ1) is 43.9. The number of carbonyl (C=O) groups is 2. The van der Waals surface area contributed by atoms with Crippen molar-refractivity contribution in [3.63, 3.8) is 0 Å². The third-order valence-electron chi connectivity index (χ3n) is 15.0. The zero-order valence-electron chi connectivity index (χ0n) is 52.6. The van der Waals surface area contributed by atoms with Crippen molar-refractivity contribution in [3.8, 4) is 86.2 Å². The van der Waals surface area contributed by atoms with E-state index in [4.69, 9.17) is 56.8 Å². The van der Waals surface area contributed by atoms with Crippen molar-refractivity contribution in [2.75, 3.05) is 100 Å². The van der Waals surface area contributed by atoms with Crippen molar-refractivity contribution >= 4 is 60.4 Å². The van der Waals surface area contributed by atoms with Crippen LogP contribution in [0.25, 0.3) is 0 Å². The molecule has 3 aliphatic heterocycles. The summed E-state index contributed by atoms with van der Waals surface area (Å²) in [5.74, 6) is 1.80. The van der Waals surface area contributed by atoms with Crippen molar-refractivity contribution in [1.29, 1.82) is 0 Å². The molecule has 0 spiro atoms. The van der Waals surface area contributed by atoms with Crippen LogP contribution in [-0.2, 0) is 41.1 Å². The standard InChI is InChI=1S/C21H24FNO7S.C20H22FNO8S.C20H20FNO8S/c1-12-13(2)23(15-10-18(27-4)21(29-6)19(11-15)28-5)20(12)14-7-8-16(26-3)17(9-14)30-31(22,24)25;2*1-11-18(12-6-7-14(26-2)15(8-12)30-31(21,24)25)22(20(11)23)13-9-16(27-3)19(29-5)17(10-13)28-4/h7-12,20H,2H2,1,3-6H3;6-11,18H,1-5H3;6-10,18H,1H2,2-5H3/t12-,20-;11-,18-;18-/m111/s1. The zero-order chi connectivity index (χ0) is 68.8. The number of hydrogen-bond donors (Lipinski definition) is 0. The highest BCUT2D eigenvalue weighted by molar-refractivity contribution is 7.82. The molecule has 26 nitrogen and oxygen atoms in total. The summed E-state index contributed by atoms with van der Waals surface area (Å²) >= 11 is 0. The molecule has 0 saturated carbocycles. The number of nitrogens with zero attached hydrogens (tertiary/aromatic N) is 3. The van der Waals surface area contributed by atoms with Gasteiger partial charge in [0.2, 0.25) is 23.2 Å². The van der Waals surface area contributed by atoms with E-state index < -0.39 is 49.5 Å². The minimum atomic E-state index is -5.29. The van der Waals surface area contributed by atoms with Crippen molar-refractivity contribution in [3.05, 3.63) is 132 Å². The maximum Gasteiger partial charge on any atom is 0.488 e. The normalized spacial score (nSPS) is 17.5. The highest BCUT2D eigenvalue weighted by atomic mass is 32.3. The second kappa shape index (κ2) is 28.8. The fraction of sp³-hybridized carbons (Fsp3) is 0.311. The Labute approximate surface area is 536 Å². The highest BCUT2D eigenvalue weighted by Gasteiger charge is 2.48. The van der Waals surface area contributed by atoms with Crippen LogP contribution in [0.5, 0.6) is 86.2 Å². The predicted octanol–water partition coefficient (Wildman–Crippen LogP) is 10.0. The van der Waals surface area contributed by atoms with E-state index in [0.29, 0.717) is 79.8 Å². The number of anilines is 3. The third-order valence-corrected chi connectivity index (χ3v) is 16.1. The molecular weight excluding hydrogens is 1300 g/mol. The topological polar surface area (TPSA) is 285 Å².